The lowest BCUT2D eigenvalue weighted by Crippen LogP contribution is -2.49. The number of hydrogen-bond donors (Lipinski definition) is 2. The van der Waals surface area contributed by atoms with Crippen LogP contribution in [-0.2, 0) is 14.3 Å². The van der Waals surface area contributed by atoms with Crippen molar-refractivity contribution in [2.75, 3.05) is 6.61 Å². The maximum Gasteiger partial charge on any atom is 0.323 e. The van der Waals surface area contributed by atoms with Gasteiger partial charge < -0.3 is 14.9 Å². The molecule has 5 heteroatoms. The molecule has 0 aliphatic carbocycles. The van der Waals surface area contributed by atoms with Gasteiger partial charge in [0.1, 0.15) is 0 Å². The zero-order valence-corrected chi connectivity index (χ0v) is 8.90. The number of ether oxygens (including phenoxy) is 1. The third-order valence-corrected chi connectivity index (χ3v) is 2.70. The van der Waals surface area contributed by atoms with Crippen molar-refractivity contribution in [3.05, 3.63) is 11.6 Å². The Morgan fingerprint density at radius 1 is 1.53 bits per heavy atom. The predicted octanol–water partition coefficient (Wildman–Crippen LogP) is 0.331. The van der Waals surface area contributed by atoms with Gasteiger partial charge in [-0.25, -0.2) is 0 Å². The summed E-state index contributed by atoms with van der Waals surface area (Å²) in [5, 5.41) is 18.6. The van der Waals surface area contributed by atoms with Crippen LogP contribution in [0.2, 0.25) is 0 Å². The molecule has 0 spiro atoms. The Bertz CT molecular complexity index is 326. The Morgan fingerprint density at radius 2 is 2.07 bits per heavy atom. The Balaban J connectivity index is 3.26. The van der Waals surface area contributed by atoms with Crippen LogP contribution in [0.5, 0.6) is 0 Å². The number of carbonyl (C=O) groups excluding carboxylic acids is 1. The quantitative estimate of drug-likeness (QED) is 0.511. The molecule has 15 heavy (non-hydrogen) atoms. The summed E-state index contributed by atoms with van der Waals surface area (Å²) in [6.45, 7) is 3.76. The summed E-state index contributed by atoms with van der Waals surface area (Å²) in [7, 11) is 0. The van der Waals surface area contributed by atoms with E-state index < -0.39 is 23.0 Å². The summed E-state index contributed by atoms with van der Waals surface area (Å²) in [6, 6.07) is 0. The average Bonchev–Trinajstić information content (AvgIpc) is 2.00. The Morgan fingerprint density at radius 3 is 2.40 bits per heavy atom. The van der Waals surface area contributed by atoms with Gasteiger partial charge in [-0.05, 0) is 32.4 Å². The third kappa shape index (κ3) is 1.80. The molecule has 84 valence electrons. The minimum Gasteiger partial charge on any atom is -0.480 e. The third-order valence-electron chi connectivity index (χ3n) is 2.70. The number of carboxylic acids is 1. The van der Waals surface area contributed by atoms with Crippen LogP contribution in [0.4, 0.5) is 0 Å². The van der Waals surface area contributed by atoms with Gasteiger partial charge in [0.05, 0.1) is 6.61 Å². The van der Waals surface area contributed by atoms with E-state index in [2.05, 4.69) is 0 Å². The molecule has 1 aliphatic heterocycles. The van der Waals surface area contributed by atoms with E-state index in [-0.39, 0.29) is 6.61 Å². The van der Waals surface area contributed by atoms with Crippen molar-refractivity contribution >= 4 is 11.8 Å². The van der Waals surface area contributed by atoms with Crippen molar-refractivity contribution in [3.8, 4) is 0 Å². The highest BCUT2D eigenvalue weighted by atomic mass is 16.6. The number of hydrogen-bond acceptors (Lipinski definition) is 4. The molecule has 0 fully saturated rings. The van der Waals surface area contributed by atoms with Crippen LogP contribution >= 0.6 is 0 Å². The number of Topliss-reactive ketones (excluding diaryl/α,β-unsaturated/α-hetero) is 1. The van der Waals surface area contributed by atoms with Crippen molar-refractivity contribution in [2.45, 2.75) is 26.6 Å². The van der Waals surface area contributed by atoms with Gasteiger partial charge in [-0.2, -0.15) is 0 Å². The van der Waals surface area contributed by atoms with Gasteiger partial charge in [-0.1, -0.05) is 0 Å². The Hall–Kier alpha value is -1.20. The SMILES string of the molecule is CC(=O)C1(C(=O)O)COC(C)(O)C=C1C. The largest absolute Gasteiger partial charge is 0.480 e. The second-order valence-corrected chi connectivity index (χ2v) is 3.94. The minimum absolute atomic E-state index is 0.304. The lowest BCUT2D eigenvalue weighted by molar-refractivity contribution is -0.191. The van der Waals surface area contributed by atoms with E-state index in [9.17, 15) is 14.7 Å². The molecule has 5 nitrogen and oxygen atoms in total. The summed E-state index contributed by atoms with van der Waals surface area (Å²) in [5.41, 5.74) is -1.35. The lowest BCUT2D eigenvalue weighted by Gasteiger charge is -2.36. The summed E-state index contributed by atoms with van der Waals surface area (Å²) < 4.78 is 4.95. The van der Waals surface area contributed by atoms with Crippen LogP contribution in [0.25, 0.3) is 0 Å². The summed E-state index contributed by atoms with van der Waals surface area (Å²) >= 11 is 0. The van der Waals surface area contributed by atoms with Crippen molar-refractivity contribution in [1.82, 2.24) is 0 Å². The lowest BCUT2D eigenvalue weighted by atomic mass is 9.76. The molecule has 0 aromatic rings. The summed E-state index contributed by atoms with van der Waals surface area (Å²) in [6.07, 6.45) is 1.26. The van der Waals surface area contributed by atoms with Gasteiger partial charge in [0.2, 0.25) is 0 Å². The Kier molecular flexibility index (Phi) is 2.71. The van der Waals surface area contributed by atoms with E-state index in [1.54, 1.807) is 0 Å². The number of aliphatic carboxylic acids is 1. The maximum absolute atomic E-state index is 11.4. The molecule has 2 atom stereocenters. The van der Waals surface area contributed by atoms with Crippen molar-refractivity contribution < 1.29 is 24.5 Å². The Labute approximate surface area is 87.4 Å². The topological polar surface area (TPSA) is 83.8 Å². The first-order valence-corrected chi connectivity index (χ1v) is 4.53. The van der Waals surface area contributed by atoms with Crippen LogP contribution in [-0.4, -0.2) is 34.4 Å². The van der Waals surface area contributed by atoms with E-state index >= 15 is 0 Å². The van der Waals surface area contributed by atoms with Crippen molar-refractivity contribution in [1.29, 1.82) is 0 Å². The smallest absolute Gasteiger partial charge is 0.323 e. The molecule has 0 saturated carbocycles. The molecule has 2 N–H and O–H groups in total. The van der Waals surface area contributed by atoms with Crippen LogP contribution in [0.15, 0.2) is 11.6 Å². The molecular weight excluding hydrogens is 200 g/mol. The highest BCUT2D eigenvalue weighted by molar-refractivity contribution is 6.05. The molecule has 0 aromatic carbocycles. The molecule has 1 rings (SSSR count). The fraction of sp³-hybridized carbons (Fsp3) is 0.600. The standard InChI is InChI=1S/C10H14O5/c1-6-4-9(3,14)15-5-10(6,7(2)11)8(12)13/h4,14H,5H2,1-3H3,(H,12,13). The fourth-order valence-electron chi connectivity index (χ4n) is 1.70. The first-order valence-electron chi connectivity index (χ1n) is 4.53. The zero-order chi connectivity index (χ0) is 11.9. The normalized spacial score (nSPS) is 35.9. The van der Waals surface area contributed by atoms with Gasteiger partial charge in [-0.15, -0.1) is 0 Å². The van der Waals surface area contributed by atoms with Crippen molar-refractivity contribution in [3.63, 3.8) is 0 Å². The second kappa shape index (κ2) is 3.43. The van der Waals surface area contributed by atoms with Crippen LogP contribution in [0.1, 0.15) is 20.8 Å². The van der Waals surface area contributed by atoms with E-state index in [0.29, 0.717) is 5.57 Å². The second-order valence-electron chi connectivity index (χ2n) is 3.94. The molecule has 1 aliphatic rings. The molecule has 0 bridgehead atoms. The van der Waals surface area contributed by atoms with Crippen LogP contribution in [0, 0.1) is 5.41 Å². The van der Waals surface area contributed by atoms with Crippen molar-refractivity contribution in [2.24, 2.45) is 5.41 Å². The summed E-state index contributed by atoms with van der Waals surface area (Å²) in [4.78, 5) is 22.5. The monoisotopic (exact) mass is 214 g/mol. The zero-order valence-electron chi connectivity index (χ0n) is 8.90. The number of carbonyl (C=O) groups is 2. The molecule has 0 radical (unpaired) electrons. The molecular formula is C10H14O5. The molecule has 0 saturated heterocycles. The molecule has 0 amide bonds. The van der Waals surface area contributed by atoms with E-state index in [0.717, 1.165) is 0 Å². The first kappa shape index (κ1) is 11.9. The number of rotatable bonds is 2. The van der Waals surface area contributed by atoms with Crippen LogP contribution in [0.3, 0.4) is 0 Å². The van der Waals surface area contributed by atoms with Crippen LogP contribution < -0.4 is 0 Å². The first-order chi connectivity index (χ1) is 6.72. The fourth-order valence-corrected chi connectivity index (χ4v) is 1.70. The predicted molar refractivity (Wildman–Crippen MR) is 51.1 cm³/mol. The average molecular weight is 214 g/mol. The minimum atomic E-state index is -1.65. The molecule has 2 unspecified atom stereocenters. The number of ketones is 1. The maximum atomic E-state index is 11.4. The van der Waals surface area contributed by atoms with Gasteiger partial charge in [-0.3, -0.25) is 9.59 Å². The van der Waals surface area contributed by atoms with Gasteiger partial charge in [0, 0.05) is 0 Å². The highest BCUT2D eigenvalue weighted by Gasteiger charge is 2.50. The number of carboxylic acid groups (broad SMARTS) is 1. The van der Waals surface area contributed by atoms with Gasteiger partial charge >= 0.3 is 5.97 Å². The number of aliphatic hydroxyl groups is 1. The summed E-state index contributed by atoms with van der Waals surface area (Å²) in [5.74, 6) is -3.25. The molecule has 0 aromatic heterocycles. The highest BCUT2D eigenvalue weighted by Crippen LogP contribution is 2.36. The van der Waals surface area contributed by atoms with Gasteiger partial charge in [0.25, 0.3) is 0 Å². The molecule has 1 heterocycles. The van der Waals surface area contributed by atoms with E-state index in [1.807, 2.05) is 0 Å². The van der Waals surface area contributed by atoms with E-state index in [1.165, 1.54) is 26.8 Å². The van der Waals surface area contributed by atoms with Gasteiger partial charge in [0.15, 0.2) is 17.0 Å². The van der Waals surface area contributed by atoms with E-state index in [4.69, 9.17) is 9.84 Å².